The van der Waals surface area contributed by atoms with E-state index in [9.17, 15) is 9.59 Å². The second-order valence-corrected chi connectivity index (χ2v) is 6.84. The summed E-state index contributed by atoms with van der Waals surface area (Å²) in [6, 6.07) is 10.7. The Morgan fingerprint density at radius 1 is 1.03 bits per heavy atom. The molecule has 0 unspecified atom stereocenters. The SMILES string of the molecule is CCCC(=O)Nc1c(-c2cc(OC)c(OC)c(OC)c2)c(=O)c2ccccc2n1C. The number of amides is 1. The number of methoxy groups -OCH3 is 3. The van der Waals surface area contributed by atoms with Gasteiger partial charge in [-0.1, -0.05) is 19.1 Å². The fraction of sp³-hybridized carbons (Fsp3) is 0.304. The zero-order chi connectivity index (χ0) is 21.8. The summed E-state index contributed by atoms with van der Waals surface area (Å²) < 4.78 is 18.1. The van der Waals surface area contributed by atoms with Crippen molar-refractivity contribution in [3.8, 4) is 28.4 Å². The van der Waals surface area contributed by atoms with Gasteiger partial charge in [0.1, 0.15) is 5.82 Å². The van der Waals surface area contributed by atoms with Gasteiger partial charge in [-0.2, -0.15) is 0 Å². The lowest BCUT2D eigenvalue weighted by atomic mass is 10.0. The van der Waals surface area contributed by atoms with Crippen LogP contribution in [0.15, 0.2) is 41.2 Å². The Balaban J connectivity index is 2.38. The van der Waals surface area contributed by atoms with Crippen molar-refractivity contribution in [2.45, 2.75) is 19.8 Å². The monoisotopic (exact) mass is 410 g/mol. The van der Waals surface area contributed by atoms with E-state index in [1.54, 1.807) is 18.2 Å². The molecular weight excluding hydrogens is 384 g/mol. The van der Waals surface area contributed by atoms with E-state index < -0.39 is 0 Å². The summed E-state index contributed by atoms with van der Waals surface area (Å²) in [5.41, 5.74) is 1.46. The molecule has 1 N–H and O–H groups in total. The largest absolute Gasteiger partial charge is 0.493 e. The van der Waals surface area contributed by atoms with Crippen LogP contribution in [0.3, 0.4) is 0 Å². The highest BCUT2D eigenvalue weighted by molar-refractivity contribution is 5.98. The van der Waals surface area contributed by atoms with Crippen molar-refractivity contribution in [3.63, 3.8) is 0 Å². The highest BCUT2D eigenvalue weighted by Gasteiger charge is 2.22. The van der Waals surface area contributed by atoms with Gasteiger partial charge in [-0.05, 0) is 36.2 Å². The van der Waals surface area contributed by atoms with Crippen molar-refractivity contribution < 1.29 is 19.0 Å². The number of rotatable bonds is 7. The van der Waals surface area contributed by atoms with E-state index in [1.165, 1.54) is 21.3 Å². The van der Waals surface area contributed by atoms with Crippen LogP contribution in [0, 0.1) is 0 Å². The van der Waals surface area contributed by atoms with Gasteiger partial charge in [0.05, 0.1) is 32.4 Å². The van der Waals surface area contributed by atoms with E-state index in [1.807, 2.05) is 36.7 Å². The van der Waals surface area contributed by atoms with E-state index in [0.29, 0.717) is 52.4 Å². The molecule has 0 atom stereocenters. The maximum Gasteiger partial charge on any atom is 0.225 e. The average Bonchev–Trinajstić information content (AvgIpc) is 2.76. The van der Waals surface area contributed by atoms with Crippen molar-refractivity contribution in [1.29, 1.82) is 0 Å². The van der Waals surface area contributed by atoms with Crippen molar-refractivity contribution in [3.05, 3.63) is 46.6 Å². The molecule has 1 amide bonds. The molecule has 0 aliphatic heterocycles. The molecule has 0 spiro atoms. The molecule has 0 saturated heterocycles. The molecule has 0 bridgehead atoms. The van der Waals surface area contributed by atoms with Gasteiger partial charge in [0.15, 0.2) is 16.9 Å². The summed E-state index contributed by atoms with van der Waals surface area (Å²) in [7, 11) is 6.38. The van der Waals surface area contributed by atoms with Crippen molar-refractivity contribution in [2.24, 2.45) is 7.05 Å². The molecule has 0 radical (unpaired) electrons. The number of nitrogens with one attached hydrogen (secondary N) is 1. The quantitative estimate of drug-likeness (QED) is 0.638. The summed E-state index contributed by atoms with van der Waals surface area (Å²) in [5, 5.41) is 3.48. The lowest BCUT2D eigenvalue weighted by Crippen LogP contribution is -2.21. The smallest absolute Gasteiger partial charge is 0.225 e. The fourth-order valence-corrected chi connectivity index (χ4v) is 3.55. The average molecular weight is 410 g/mol. The first-order chi connectivity index (χ1) is 14.5. The van der Waals surface area contributed by atoms with Crippen molar-refractivity contribution in [2.75, 3.05) is 26.6 Å². The summed E-state index contributed by atoms with van der Waals surface area (Å²) in [4.78, 5) is 26.0. The summed E-state index contributed by atoms with van der Waals surface area (Å²) in [5.74, 6) is 1.54. The number of benzene rings is 2. The molecule has 7 nitrogen and oxygen atoms in total. The molecule has 3 rings (SSSR count). The summed E-state index contributed by atoms with van der Waals surface area (Å²) in [6.07, 6.45) is 1.06. The van der Waals surface area contributed by atoms with Crippen molar-refractivity contribution in [1.82, 2.24) is 4.57 Å². The number of hydrogen-bond acceptors (Lipinski definition) is 5. The zero-order valence-corrected chi connectivity index (χ0v) is 17.9. The normalized spacial score (nSPS) is 10.7. The Kier molecular flexibility index (Phi) is 6.30. The van der Waals surface area contributed by atoms with Gasteiger partial charge in [0, 0.05) is 18.9 Å². The van der Waals surface area contributed by atoms with Gasteiger partial charge in [-0.15, -0.1) is 0 Å². The number of pyridine rings is 1. The minimum Gasteiger partial charge on any atom is -0.493 e. The standard InChI is InChI=1S/C23H26N2O5/c1-6-9-19(26)24-23-20(21(27)15-10-7-8-11-16(15)25(23)2)14-12-17(28-3)22(30-5)18(13-14)29-4/h7-8,10-13H,6,9H2,1-5H3,(H,24,26). The highest BCUT2D eigenvalue weighted by atomic mass is 16.5. The lowest BCUT2D eigenvalue weighted by molar-refractivity contribution is -0.116. The van der Waals surface area contributed by atoms with Gasteiger partial charge < -0.3 is 24.1 Å². The van der Waals surface area contributed by atoms with Crippen LogP contribution in [0.5, 0.6) is 17.2 Å². The van der Waals surface area contributed by atoms with Gasteiger partial charge in [-0.25, -0.2) is 0 Å². The molecule has 1 aromatic heterocycles. The minimum atomic E-state index is -0.190. The second-order valence-electron chi connectivity index (χ2n) is 6.84. The molecule has 1 heterocycles. The number of hydrogen-bond donors (Lipinski definition) is 1. The van der Waals surface area contributed by atoms with Gasteiger partial charge in [0.2, 0.25) is 11.7 Å². The van der Waals surface area contributed by atoms with Crippen LogP contribution in [-0.4, -0.2) is 31.8 Å². The number of fused-ring (bicyclic) bond motifs is 1. The van der Waals surface area contributed by atoms with Crippen LogP contribution in [-0.2, 0) is 11.8 Å². The van der Waals surface area contributed by atoms with Crippen LogP contribution in [0.25, 0.3) is 22.0 Å². The third-order valence-electron chi connectivity index (χ3n) is 5.00. The van der Waals surface area contributed by atoms with Gasteiger partial charge in [0.25, 0.3) is 0 Å². The first-order valence-electron chi connectivity index (χ1n) is 9.68. The Morgan fingerprint density at radius 2 is 1.67 bits per heavy atom. The fourth-order valence-electron chi connectivity index (χ4n) is 3.55. The highest BCUT2D eigenvalue weighted by Crippen LogP contribution is 2.42. The first kappa shape index (κ1) is 21.2. The predicted octanol–water partition coefficient (Wildman–Crippen LogP) is 3.97. The number of anilines is 1. The predicted molar refractivity (Wildman–Crippen MR) is 118 cm³/mol. The van der Waals surface area contributed by atoms with Gasteiger partial charge >= 0.3 is 0 Å². The van der Waals surface area contributed by atoms with Crippen LogP contribution < -0.4 is 25.0 Å². The molecule has 0 aliphatic carbocycles. The van der Waals surface area contributed by atoms with Crippen LogP contribution in [0.2, 0.25) is 0 Å². The number of aryl methyl sites for hydroxylation is 1. The Labute approximate surface area is 175 Å². The van der Waals surface area contributed by atoms with Crippen LogP contribution >= 0.6 is 0 Å². The summed E-state index contributed by atoms with van der Waals surface area (Å²) in [6.45, 7) is 1.93. The number of nitrogens with zero attached hydrogens (tertiary/aromatic N) is 1. The summed E-state index contributed by atoms with van der Waals surface area (Å²) >= 11 is 0. The number of carbonyl (C=O) groups excluding carboxylic acids is 1. The zero-order valence-electron chi connectivity index (χ0n) is 17.9. The minimum absolute atomic E-state index is 0.156. The maximum atomic E-state index is 13.5. The van der Waals surface area contributed by atoms with Crippen LogP contribution in [0.4, 0.5) is 5.82 Å². The number of carbonyl (C=O) groups is 1. The Bertz CT molecular complexity index is 1130. The Hall–Kier alpha value is -3.48. The molecule has 158 valence electrons. The number of aromatic nitrogens is 1. The molecular formula is C23H26N2O5. The van der Waals surface area contributed by atoms with E-state index in [2.05, 4.69) is 5.32 Å². The van der Waals surface area contributed by atoms with Crippen molar-refractivity contribution >= 4 is 22.6 Å². The number of ether oxygens (including phenoxy) is 3. The van der Waals surface area contributed by atoms with Gasteiger partial charge in [-0.3, -0.25) is 9.59 Å². The lowest BCUT2D eigenvalue weighted by Gasteiger charge is -2.20. The second kappa shape index (κ2) is 8.90. The molecule has 0 fully saturated rings. The first-order valence-corrected chi connectivity index (χ1v) is 9.68. The molecule has 0 aliphatic rings. The Morgan fingerprint density at radius 3 is 2.23 bits per heavy atom. The molecule has 3 aromatic rings. The van der Waals surface area contributed by atoms with E-state index >= 15 is 0 Å². The topological polar surface area (TPSA) is 78.8 Å². The molecule has 2 aromatic carbocycles. The van der Waals surface area contributed by atoms with Crippen LogP contribution in [0.1, 0.15) is 19.8 Å². The molecule has 0 saturated carbocycles. The molecule has 7 heteroatoms. The van der Waals surface area contributed by atoms with E-state index in [0.717, 1.165) is 5.52 Å². The maximum absolute atomic E-state index is 13.5. The van der Waals surface area contributed by atoms with E-state index in [-0.39, 0.29) is 11.3 Å². The molecule has 30 heavy (non-hydrogen) atoms. The third kappa shape index (κ3) is 3.70. The third-order valence-corrected chi connectivity index (χ3v) is 5.00. The number of para-hydroxylation sites is 1. The van der Waals surface area contributed by atoms with E-state index in [4.69, 9.17) is 14.2 Å².